The number of hydrogen-bond acceptors (Lipinski definition) is 3. The van der Waals surface area contributed by atoms with Gasteiger partial charge >= 0.3 is 0 Å². The maximum atomic E-state index is 12.2. The van der Waals surface area contributed by atoms with Crippen molar-refractivity contribution in [3.8, 4) is 0 Å². The van der Waals surface area contributed by atoms with Gasteiger partial charge < -0.3 is 4.57 Å². The molecule has 0 radical (unpaired) electrons. The number of benzene rings is 1. The number of carbonyl (C=O) groups is 2. The number of aromatic nitrogens is 2. The second kappa shape index (κ2) is 6.13. The molecular weight excluding hydrogens is 320 g/mol. The highest BCUT2D eigenvalue weighted by molar-refractivity contribution is 9.10. The summed E-state index contributed by atoms with van der Waals surface area (Å²) in [6.07, 6.45) is 3.44. The van der Waals surface area contributed by atoms with E-state index in [1.165, 1.54) is 6.92 Å². The molecule has 2 rings (SSSR count). The third kappa shape index (κ3) is 3.22. The van der Waals surface area contributed by atoms with Gasteiger partial charge in [0.1, 0.15) is 5.78 Å². The second-order valence-electron chi connectivity index (χ2n) is 4.70. The van der Waals surface area contributed by atoms with Crippen LogP contribution in [0.3, 0.4) is 0 Å². The highest BCUT2D eigenvalue weighted by atomic mass is 79.9. The van der Waals surface area contributed by atoms with Gasteiger partial charge in [0, 0.05) is 36.3 Å². The Kier molecular flexibility index (Phi) is 4.49. The number of carbonyl (C=O) groups excluding carboxylic acids is 2. The zero-order chi connectivity index (χ0) is 14.7. The van der Waals surface area contributed by atoms with Crippen LogP contribution in [0.25, 0.3) is 0 Å². The van der Waals surface area contributed by atoms with Crippen LogP contribution in [0.5, 0.6) is 0 Å². The van der Waals surface area contributed by atoms with Crippen molar-refractivity contribution >= 4 is 27.5 Å². The largest absolute Gasteiger partial charge is 0.332 e. The van der Waals surface area contributed by atoms with Crippen LogP contribution in [0.1, 0.15) is 35.4 Å². The summed E-state index contributed by atoms with van der Waals surface area (Å²) in [4.78, 5) is 28.1. The van der Waals surface area contributed by atoms with E-state index in [1.807, 2.05) is 24.3 Å². The summed E-state index contributed by atoms with van der Waals surface area (Å²) in [5.41, 5.74) is 0.850. The standard InChI is InChI=1S/C15H15BrN2O2/c1-10(19)13(11-3-5-12(16)6-4-11)9-14(20)15-17-7-8-18(15)2/h3-8,13H,9H2,1-2H3. The first-order valence-corrected chi connectivity index (χ1v) is 7.04. The van der Waals surface area contributed by atoms with Crippen LogP contribution in [0.2, 0.25) is 0 Å². The van der Waals surface area contributed by atoms with Crippen molar-refractivity contribution in [3.05, 3.63) is 52.5 Å². The minimum absolute atomic E-state index is 0.0186. The number of Topliss-reactive ketones (excluding diaryl/α,β-unsaturated/α-hetero) is 2. The van der Waals surface area contributed by atoms with Gasteiger partial charge in [0.2, 0.25) is 0 Å². The summed E-state index contributed by atoms with van der Waals surface area (Å²) >= 11 is 3.36. The number of aryl methyl sites for hydroxylation is 1. The van der Waals surface area contributed by atoms with Gasteiger partial charge in [-0.15, -0.1) is 0 Å². The SMILES string of the molecule is CC(=O)C(CC(=O)c1nccn1C)c1ccc(Br)cc1. The minimum Gasteiger partial charge on any atom is -0.332 e. The number of nitrogens with zero attached hydrogens (tertiary/aromatic N) is 2. The average molecular weight is 335 g/mol. The monoisotopic (exact) mass is 334 g/mol. The number of imidazole rings is 1. The van der Waals surface area contributed by atoms with Gasteiger partial charge in [-0.1, -0.05) is 28.1 Å². The molecule has 0 spiro atoms. The molecule has 0 bridgehead atoms. The second-order valence-corrected chi connectivity index (χ2v) is 5.62. The lowest BCUT2D eigenvalue weighted by atomic mass is 9.90. The minimum atomic E-state index is -0.424. The predicted molar refractivity (Wildman–Crippen MR) is 79.7 cm³/mol. The maximum absolute atomic E-state index is 12.2. The van der Waals surface area contributed by atoms with Crippen LogP contribution in [0.4, 0.5) is 0 Å². The number of ketones is 2. The van der Waals surface area contributed by atoms with E-state index in [-0.39, 0.29) is 18.0 Å². The van der Waals surface area contributed by atoms with Crippen molar-refractivity contribution in [1.29, 1.82) is 0 Å². The molecule has 0 saturated carbocycles. The summed E-state index contributed by atoms with van der Waals surface area (Å²) in [5.74, 6) is -0.184. The Balaban J connectivity index is 2.22. The molecule has 0 aliphatic heterocycles. The third-order valence-corrected chi connectivity index (χ3v) is 3.75. The Hall–Kier alpha value is -1.75. The Bertz CT molecular complexity index is 632. The molecule has 0 fully saturated rings. The van der Waals surface area contributed by atoms with Gasteiger partial charge in [-0.3, -0.25) is 9.59 Å². The normalized spacial score (nSPS) is 12.2. The first-order valence-electron chi connectivity index (χ1n) is 6.25. The van der Waals surface area contributed by atoms with E-state index >= 15 is 0 Å². The summed E-state index contributed by atoms with van der Waals surface area (Å²) in [6.45, 7) is 1.51. The lowest BCUT2D eigenvalue weighted by Gasteiger charge is -2.13. The van der Waals surface area contributed by atoms with Crippen LogP contribution in [0, 0.1) is 0 Å². The average Bonchev–Trinajstić information content (AvgIpc) is 2.83. The van der Waals surface area contributed by atoms with E-state index in [0.717, 1.165) is 10.0 Å². The Labute approximate surface area is 126 Å². The summed E-state index contributed by atoms with van der Waals surface area (Å²) in [7, 11) is 1.77. The first-order chi connectivity index (χ1) is 9.49. The van der Waals surface area contributed by atoms with Crippen molar-refractivity contribution in [3.63, 3.8) is 0 Å². The molecule has 4 nitrogen and oxygen atoms in total. The molecule has 1 unspecified atom stereocenters. The molecule has 1 heterocycles. The van der Waals surface area contributed by atoms with Gasteiger partial charge in [-0.2, -0.15) is 0 Å². The molecule has 1 atom stereocenters. The van der Waals surface area contributed by atoms with Gasteiger partial charge in [-0.25, -0.2) is 4.98 Å². The Morgan fingerprint density at radius 2 is 1.95 bits per heavy atom. The molecule has 104 valence electrons. The highest BCUT2D eigenvalue weighted by Crippen LogP contribution is 2.24. The number of hydrogen-bond donors (Lipinski definition) is 0. The fourth-order valence-electron chi connectivity index (χ4n) is 2.10. The molecule has 20 heavy (non-hydrogen) atoms. The zero-order valence-corrected chi connectivity index (χ0v) is 12.9. The first kappa shape index (κ1) is 14.7. The van der Waals surface area contributed by atoms with Crippen molar-refractivity contribution in [2.24, 2.45) is 7.05 Å². The zero-order valence-electron chi connectivity index (χ0n) is 11.3. The van der Waals surface area contributed by atoms with E-state index in [4.69, 9.17) is 0 Å². The van der Waals surface area contributed by atoms with Crippen molar-refractivity contribution in [2.75, 3.05) is 0 Å². The third-order valence-electron chi connectivity index (χ3n) is 3.22. The summed E-state index contributed by atoms with van der Waals surface area (Å²) in [5, 5.41) is 0. The topological polar surface area (TPSA) is 52.0 Å². The predicted octanol–water partition coefficient (Wildman–Crippen LogP) is 3.13. The van der Waals surface area contributed by atoms with Crippen molar-refractivity contribution in [1.82, 2.24) is 9.55 Å². The maximum Gasteiger partial charge on any atom is 0.199 e. The van der Waals surface area contributed by atoms with Crippen LogP contribution in [-0.4, -0.2) is 21.1 Å². The molecule has 0 aliphatic carbocycles. The van der Waals surface area contributed by atoms with E-state index in [1.54, 1.807) is 24.0 Å². The lowest BCUT2D eigenvalue weighted by Crippen LogP contribution is -2.16. The molecule has 2 aromatic rings. The molecule has 0 aliphatic rings. The fraction of sp³-hybridized carbons (Fsp3) is 0.267. The van der Waals surface area contributed by atoms with Crippen LogP contribution in [-0.2, 0) is 11.8 Å². The summed E-state index contributed by atoms with van der Waals surface area (Å²) < 4.78 is 2.61. The van der Waals surface area contributed by atoms with Crippen molar-refractivity contribution in [2.45, 2.75) is 19.3 Å². The quantitative estimate of drug-likeness (QED) is 0.789. The fourth-order valence-corrected chi connectivity index (χ4v) is 2.37. The molecule has 0 N–H and O–H groups in total. The molecular formula is C15H15BrN2O2. The Morgan fingerprint density at radius 3 is 2.45 bits per heavy atom. The van der Waals surface area contributed by atoms with Gasteiger partial charge in [0.05, 0.1) is 0 Å². The van der Waals surface area contributed by atoms with Crippen LogP contribution < -0.4 is 0 Å². The van der Waals surface area contributed by atoms with E-state index in [2.05, 4.69) is 20.9 Å². The molecule has 0 amide bonds. The molecule has 5 heteroatoms. The molecule has 1 aromatic heterocycles. The van der Waals surface area contributed by atoms with Gasteiger partial charge in [-0.05, 0) is 24.6 Å². The van der Waals surface area contributed by atoms with Gasteiger partial charge in [0.25, 0.3) is 0 Å². The van der Waals surface area contributed by atoms with Gasteiger partial charge in [0.15, 0.2) is 11.6 Å². The lowest BCUT2D eigenvalue weighted by molar-refractivity contribution is -0.118. The highest BCUT2D eigenvalue weighted by Gasteiger charge is 2.23. The van der Waals surface area contributed by atoms with E-state index in [9.17, 15) is 9.59 Å². The molecule has 0 saturated heterocycles. The van der Waals surface area contributed by atoms with E-state index < -0.39 is 5.92 Å². The van der Waals surface area contributed by atoms with Crippen LogP contribution in [0.15, 0.2) is 41.1 Å². The Morgan fingerprint density at radius 1 is 1.30 bits per heavy atom. The summed E-state index contributed by atoms with van der Waals surface area (Å²) in [6, 6.07) is 7.47. The molecule has 1 aromatic carbocycles. The van der Waals surface area contributed by atoms with Crippen LogP contribution >= 0.6 is 15.9 Å². The van der Waals surface area contributed by atoms with E-state index in [0.29, 0.717) is 5.82 Å². The number of halogens is 1. The number of rotatable bonds is 5. The smallest absolute Gasteiger partial charge is 0.199 e. The van der Waals surface area contributed by atoms with Crippen molar-refractivity contribution < 1.29 is 9.59 Å².